The van der Waals surface area contributed by atoms with Crippen molar-refractivity contribution in [1.82, 2.24) is 10.3 Å². The molecule has 0 bridgehead atoms. The average molecular weight is 461 g/mol. The zero-order valence-electron chi connectivity index (χ0n) is 18.1. The molecule has 33 heavy (non-hydrogen) atoms. The van der Waals surface area contributed by atoms with Crippen molar-refractivity contribution in [2.75, 3.05) is 37.6 Å². The number of hydrazone groups is 1. The summed E-state index contributed by atoms with van der Waals surface area (Å²) in [6.07, 6.45) is 0. The molecule has 1 amide bonds. The van der Waals surface area contributed by atoms with Crippen LogP contribution >= 0.6 is 11.6 Å². The smallest absolute Gasteiger partial charge is 0.254 e. The van der Waals surface area contributed by atoms with E-state index in [0.717, 1.165) is 31.7 Å². The molecule has 3 aromatic carbocycles. The Morgan fingerprint density at radius 3 is 2.15 bits per heavy atom. The molecule has 0 radical (unpaired) electrons. The molecule has 0 aliphatic carbocycles. The summed E-state index contributed by atoms with van der Waals surface area (Å²) in [6.45, 7) is 3.67. The summed E-state index contributed by atoms with van der Waals surface area (Å²) in [4.78, 5) is 17.0. The van der Waals surface area contributed by atoms with E-state index >= 15 is 0 Å². The summed E-state index contributed by atoms with van der Waals surface area (Å²) < 4.78 is 0. The predicted octanol–water partition coefficient (Wildman–Crippen LogP) is 4.72. The molecule has 7 nitrogen and oxygen atoms in total. The van der Waals surface area contributed by atoms with Gasteiger partial charge in [0.2, 0.25) is 5.84 Å². The maximum Gasteiger partial charge on any atom is 0.254 e. The van der Waals surface area contributed by atoms with E-state index in [2.05, 4.69) is 42.7 Å². The second kappa shape index (κ2) is 11.4. The van der Waals surface area contributed by atoms with Gasteiger partial charge in [-0.2, -0.15) is 5.10 Å². The number of piperazine rings is 1. The highest BCUT2D eigenvalue weighted by Gasteiger charge is 2.19. The number of azo groups is 1. The van der Waals surface area contributed by atoms with Crippen molar-refractivity contribution >= 4 is 34.7 Å². The van der Waals surface area contributed by atoms with Crippen molar-refractivity contribution in [3.05, 3.63) is 95.5 Å². The van der Waals surface area contributed by atoms with Gasteiger partial charge in [-0.25, -0.2) is 5.43 Å². The molecule has 1 saturated heterocycles. The lowest BCUT2D eigenvalue weighted by Gasteiger charge is -2.35. The van der Waals surface area contributed by atoms with Gasteiger partial charge >= 0.3 is 0 Å². The molecule has 1 aliphatic heterocycles. The summed E-state index contributed by atoms with van der Waals surface area (Å²) in [5, 5.41) is 13.4. The van der Waals surface area contributed by atoms with Crippen LogP contribution in [0.15, 0.2) is 100 Å². The number of hydrogen-bond donors (Lipinski definition) is 1. The van der Waals surface area contributed by atoms with E-state index in [-0.39, 0.29) is 12.5 Å². The first-order chi connectivity index (χ1) is 16.2. The molecule has 4 rings (SSSR count). The molecular formula is C25H25ClN6O. The Morgan fingerprint density at radius 1 is 0.848 bits per heavy atom. The average Bonchev–Trinajstić information content (AvgIpc) is 2.87. The van der Waals surface area contributed by atoms with Gasteiger partial charge in [-0.1, -0.05) is 60.1 Å². The summed E-state index contributed by atoms with van der Waals surface area (Å²) in [6, 6.07) is 26.8. The number of nitrogens with one attached hydrogen (secondary N) is 1. The number of halogens is 1. The van der Waals surface area contributed by atoms with E-state index in [0.29, 0.717) is 16.5 Å². The summed E-state index contributed by atoms with van der Waals surface area (Å²) in [5.74, 6) is 0.145. The zero-order valence-corrected chi connectivity index (χ0v) is 18.9. The van der Waals surface area contributed by atoms with Crippen molar-refractivity contribution in [3.8, 4) is 0 Å². The maximum atomic E-state index is 12.5. The number of anilines is 1. The number of carbonyl (C=O) groups excluding carboxylic acids is 1. The molecule has 0 spiro atoms. The number of nitrogens with zero attached hydrogens (tertiary/aromatic N) is 5. The lowest BCUT2D eigenvalue weighted by Crippen LogP contribution is -2.49. The van der Waals surface area contributed by atoms with E-state index in [9.17, 15) is 4.79 Å². The van der Waals surface area contributed by atoms with Gasteiger partial charge in [0.25, 0.3) is 5.91 Å². The van der Waals surface area contributed by atoms with Crippen LogP contribution in [-0.4, -0.2) is 49.4 Å². The first-order valence-electron chi connectivity index (χ1n) is 10.8. The quantitative estimate of drug-likeness (QED) is 0.250. The summed E-state index contributed by atoms with van der Waals surface area (Å²) in [7, 11) is 0. The van der Waals surface area contributed by atoms with Crippen molar-refractivity contribution < 1.29 is 4.79 Å². The van der Waals surface area contributed by atoms with Gasteiger partial charge < -0.3 is 4.90 Å². The van der Waals surface area contributed by atoms with Crippen LogP contribution in [0.3, 0.4) is 0 Å². The van der Waals surface area contributed by atoms with Gasteiger partial charge in [0.05, 0.1) is 12.2 Å². The second-order valence-electron chi connectivity index (χ2n) is 7.61. The fourth-order valence-electron chi connectivity index (χ4n) is 3.50. The lowest BCUT2D eigenvalue weighted by atomic mass is 10.2. The molecule has 168 valence electrons. The molecule has 3 aromatic rings. The Labute approximate surface area is 198 Å². The fourth-order valence-corrected chi connectivity index (χ4v) is 3.63. The third kappa shape index (κ3) is 6.71. The largest absolute Gasteiger partial charge is 0.369 e. The van der Waals surface area contributed by atoms with Crippen LogP contribution in [0.1, 0.15) is 5.56 Å². The third-order valence-corrected chi connectivity index (χ3v) is 5.52. The minimum Gasteiger partial charge on any atom is -0.369 e. The molecule has 8 heteroatoms. The van der Waals surface area contributed by atoms with Crippen molar-refractivity contribution in [2.24, 2.45) is 15.3 Å². The van der Waals surface area contributed by atoms with Crippen LogP contribution in [0.2, 0.25) is 5.02 Å². The minimum absolute atomic E-state index is 0.182. The van der Waals surface area contributed by atoms with Gasteiger partial charge in [0.1, 0.15) is 0 Å². The second-order valence-corrected chi connectivity index (χ2v) is 8.05. The van der Waals surface area contributed by atoms with Gasteiger partial charge in [0.15, 0.2) is 0 Å². The zero-order chi connectivity index (χ0) is 22.9. The van der Waals surface area contributed by atoms with Crippen LogP contribution in [0, 0.1) is 0 Å². The Morgan fingerprint density at radius 2 is 1.48 bits per heavy atom. The number of carbonyl (C=O) groups is 1. The standard InChI is InChI=1S/C25H25ClN6O/c26-21-11-13-22(14-12-21)27-29-25(20-7-3-1-4-8-20)30-28-24(33)19-31-15-17-32(18-16-31)23-9-5-2-6-10-23/h1-14H,15-19H2,(H,28,33)/b29-27?,30-25-. The maximum absolute atomic E-state index is 12.5. The first kappa shape index (κ1) is 22.6. The van der Waals surface area contributed by atoms with Crippen LogP contribution in [0.5, 0.6) is 0 Å². The molecule has 0 saturated carbocycles. The molecule has 0 unspecified atom stereocenters. The summed E-state index contributed by atoms with van der Waals surface area (Å²) in [5.41, 5.74) is 5.25. The SMILES string of the molecule is O=C(CN1CCN(c2ccccc2)CC1)N/N=C(\N=Nc1ccc(Cl)cc1)c1ccccc1. The predicted molar refractivity (Wildman–Crippen MR) is 132 cm³/mol. The molecular weight excluding hydrogens is 436 g/mol. The van der Waals surface area contributed by atoms with Crippen LogP contribution in [0.4, 0.5) is 11.4 Å². The van der Waals surface area contributed by atoms with E-state index in [1.165, 1.54) is 5.69 Å². The molecule has 0 aromatic heterocycles. The number of hydrogen-bond acceptors (Lipinski definition) is 5. The molecule has 1 fully saturated rings. The van der Waals surface area contributed by atoms with Crippen molar-refractivity contribution in [2.45, 2.75) is 0 Å². The number of amidine groups is 1. The normalized spacial score (nSPS) is 15.1. The Bertz CT molecular complexity index is 1090. The van der Waals surface area contributed by atoms with Gasteiger partial charge in [-0.15, -0.1) is 10.2 Å². The minimum atomic E-state index is -0.182. The van der Waals surface area contributed by atoms with Gasteiger partial charge in [-0.3, -0.25) is 9.69 Å². The van der Waals surface area contributed by atoms with E-state index < -0.39 is 0 Å². The third-order valence-electron chi connectivity index (χ3n) is 5.27. The molecule has 1 heterocycles. The highest BCUT2D eigenvalue weighted by atomic mass is 35.5. The highest BCUT2D eigenvalue weighted by Crippen LogP contribution is 2.17. The monoisotopic (exact) mass is 460 g/mol. The van der Waals surface area contributed by atoms with Crippen LogP contribution in [-0.2, 0) is 4.79 Å². The van der Waals surface area contributed by atoms with Crippen molar-refractivity contribution in [1.29, 1.82) is 0 Å². The van der Waals surface area contributed by atoms with Crippen LogP contribution in [0.25, 0.3) is 0 Å². The number of benzene rings is 3. The fraction of sp³-hybridized carbons (Fsp3) is 0.200. The van der Waals surface area contributed by atoms with Gasteiger partial charge in [0, 0.05) is 42.5 Å². The Balaban J connectivity index is 1.36. The van der Waals surface area contributed by atoms with Gasteiger partial charge in [-0.05, 0) is 36.4 Å². The molecule has 0 atom stereocenters. The number of amides is 1. The Hall–Kier alpha value is -3.55. The van der Waals surface area contributed by atoms with E-state index in [1.807, 2.05) is 48.5 Å². The number of rotatable bonds is 6. The van der Waals surface area contributed by atoms with Crippen molar-refractivity contribution in [3.63, 3.8) is 0 Å². The molecule has 1 N–H and O–H groups in total. The Kier molecular flexibility index (Phi) is 7.79. The van der Waals surface area contributed by atoms with Crippen LogP contribution < -0.4 is 10.3 Å². The topological polar surface area (TPSA) is 72.7 Å². The summed E-state index contributed by atoms with van der Waals surface area (Å²) >= 11 is 5.92. The highest BCUT2D eigenvalue weighted by molar-refractivity contribution is 6.30. The van der Waals surface area contributed by atoms with E-state index in [1.54, 1.807) is 24.3 Å². The lowest BCUT2D eigenvalue weighted by molar-refractivity contribution is -0.122. The number of para-hydroxylation sites is 1. The van der Waals surface area contributed by atoms with E-state index in [4.69, 9.17) is 11.6 Å². The first-order valence-corrected chi connectivity index (χ1v) is 11.2. The molecule has 1 aliphatic rings.